The second-order valence-corrected chi connectivity index (χ2v) is 10.6. The van der Waals surface area contributed by atoms with Crippen LogP contribution in [0.5, 0.6) is 5.75 Å². The number of benzene rings is 1. The first-order valence-electron chi connectivity index (χ1n) is 12.7. The minimum Gasteiger partial charge on any atom is -0.476 e. The van der Waals surface area contributed by atoms with E-state index in [2.05, 4.69) is 13.0 Å². The minimum atomic E-state index is -1.29. The number of carbonyl (C=O) groups excluding carboxylic acids is 1. The van der Waals surface area contributed by atoms with Crippen molar-refractivity contribution in [3.8, 4) is 5.75 Å². The zero-order valence-corrected chi connectivity index (χ0v) is 20.7. The van der Waals surface area contributed by atoms with Crippen molar-refractivity contribution in [2.75, 3.05) is 6.61 Å². The topological polar surface area (TPSA) is 85.2 Å². The lowest BCUT2D eigenvalue weighted by Gasteiger charge is -2.43. The van der Waals surface area contributed by atoms with Gasteiger partial charge in [0.1, 0.15) is 17.7 Å². The van der Waals surface area contributed by atoms with Crippen LogP contribution in [-0.2, 0) is 14.3 Å². The Hall–Kier alpha value is -2.22. The number of fused-ring (bicyclic) bond motifs is 1. The number of carbonyl (C=O) groups is 1. The molecule has 2 N–H and O–H groups in total. The van der Waals surface area contributed by atoms with Crippen molar-refractivity contribution in [1.29, 1.82) is 0 Å². The third-order valence-corrected chi connectivity index (χ3v) is 7.47. The molecule has 0 radical (unpaired) electrons. The molecule has 2 aliphatic carbocycles. The van der Waals surface area contributed by atoms with Crippen LogP contribution in [0.25, 0.3) is 0 Å². The van der Waals surface area contributed by atoms with Crippen LogP contribution in [0.1, 0.15) is 52.9 Å². The molecule has 0 bridgehead atoms. The van der Waals surface area contributed by atoms with E-state index in [0.29, 0.717) is 31.6 Å². The first kappa shape index (κ1) is 25.9. The number of hydrogen-bond donors (Lipinski definition) is 2. The highest BCUT2D eigenvalue weighted by molar-refractivity contribution is 5.79. The van der Waals surface area contributed by atoms with E-state index in [-0.39, 0.29) is 35.8 Å². The molecular formula is C28H37FO6. The van der Waals surface area contributed by atoms with Gasteiger partial charge >= 0.3 is 5.97 Å². The highest BCUT2D eigenvalue weighted by atomic mass is 19.1. The molecule has 1 aliphatic heterocycles. The molecule has 1 aromatic rings. The van der Waals surface area contributed by atoms with E-state index in [1.807, 2.05) is 12.2 Å². The van der Waals surface area contributed by atoms with E-state index in [0.717, 1.165) is 18.4 Å². The van der Waals surface area contributed by atoms with E-state index in [4.69, 9.17) is 14.2 Å². The number of allylic oxidation sites excluding steroid dienone is 2. The predicted octanol–water partition coefficient (Wildman–Crippen LogP) is 4.34. The summed E-state index contributed by atoms with van der Waals surface area (Å²) in [6, 6.07) is 5.51. The molecule has 0 amide bonds. The average Bonchev–Trinajstić information content (AvgIpc) is 2.80. The molecule has 0 saturated carbocycles. The van der Waals surface area contributed by atoms with Gasteiger partial charge < -0.3 is 24.4 Å². The number of rotatable bonds is 7. The SMILES string of the molecule is C[C@H]1C=CC2=C[C@@H](O)C[C@H](OC(=O)C(C)(C)Oc3ccc(F)cc3)[C@@H]2[C@H]1CC[C@@H]1C[C@H](O)CCO1. The van der Waals surface area contributed by atoms with Crippen LogP contribution in [-0.4, -0.2) is 52.8 Å². The molecule has 1 saturated heterocycles. The largest absolute Gasteiger partial charge is 0.476 e. The quantitative estimate of drug-likeness (QED) is 0.556. The third-order valence-electron chi connectivity index (χ3n) is 7.47. The minimum absolute atomic E-state index is 0.0301. The van der Waals surface area contributed by atoms with Gasteiger partial charge in [-0.2, -0.15) is 0 Å². The van der Waals surface area contributed by atoms with Crippen LogP contribution >= 0.6 is 0 Å². The fraction of sp³-hybridized carbons (Fsp3) is 0.607. The van der Waals surface area contributed by atoms with Crippen LogP contribution in [0.15, 0.2) is 48.1 Å². The Morgan fingerprint density at radius 3 is 2.63 bits per heavy atom. The van der Waals surface area contributed by atoms with Crippen molar-refractivity contribution < 1.29 is 33.6 Å². The molecule has 0 aromatic heterocycles. The van der Waals surface area contributed by atoms with Crippen LogP contribution in [0.3, 0.4) is 0 Å². The van der Waals surface area contributed by atoms with Crippen LogP contribution in [0.4, 0.5) is 4.39 Å². The molecule has 4 rings (SSSR count). The van der Waals surface area contributed by atoms with Crippen molar-refractivity contribution in [1.82, 2.24) is 0 Å². The van der Waals surface area contributed by atoms with Crippen molar-refractivity contribution in [2.24, 2.45) is 17.8 Å². The van der Waals surface area contributed by atoms with Crippen molar-refractivity contribution in [3.63, 3.8) is 0 Å². The highest BCUT2D eigenvalue weighted by Crippen LogP contribution is 2.44. The van der Waals surface area contributed by atoms with Crippen LogP contribution in [0.2, 0.25) is 0 Å². The van der Waals surface area contributed by atoms with E-state index in [1.165, 1.54) is 24.3 Å². The summed E-state index contributed by atoms with van der Waals surface area (Å²) in [7, 11) is 0. The maximum Gasteiger partial charge on any atom is 0.350 e. The van der Waals surface area contributed by atoms with Gasteiger partial charge in [-0.05, 0) is 81.2 Å². The molecule has 7 heteroatoms. The van der Waals surface area contributed by atoms with Gasteiger partial charge in [0.25, 0.3) is 0 Å². The van der Waals surface area contributed by atoms with Crippen LogP contribution in [0, 0.1) is 23.6 Å². The van der Waals surface area contributed by atoms with Gasteiger partial charge in [-0.3, -0.25) is 0 Å². The van der Waals surface area contributed by atoms with Crippen molar-refractivity contribution >= 4 is 5.97 Å². The summed E-state index contributed by atoms with van der Waals surface area (Å²) in [5.41, 5.74) is -0.298. The van der Waals surface area contributed by atoms with Crippen molar-refractivity contribution in [2.45, 2.75) is 82.9 Å². The van der Waals surface area contributed by atoms with Gasteiger partial charge in [-0.1, -0.05) is 25.2 Å². The molecule has 35 heavy (non-hydrogen) atoms. The monoisotopic (exact) mass is 488 g/mol. The van der Waals surface area contributed by atoms with Gasteiger partial charge in [0.2, 0.25) is 0 Å². The lowest BCUT2D eigenvalue weighted by Crippen LogP contribution is -2.47. The van der Waals surface area contributed by atoms with Crippen LogP contribution < -0.4 is 4.74 Å². The number of esters is 1. The zero-order valence-electron chi connectivity index (χ0n) is 20.7. The Morgan fingerprint density at radius 2 is 1.91 bits per heavy atom. The second kappa shape index (κ2) is 10.8. The summed E-state index contributed by atoms with van der Waals surface area (Å²) in [6.45, 7) is 6.00. The van der Waals surface area contributed by atoms with Crippen molar-refractivity contribution in [3.05, 3.63) is 53.9 Å². The molecule has 1 fully saturated rings. The number of aliphatic hydroxyl groups is 2. The molecule has 1 aromatic carbocycles. The Bertz CT molecular complexity index is 939. The lowest BCUT2D eigenvalue weighted by molar-refractivity contribution is -0.170. The van der Waals surface area contributed by atoms with Gasteiger partial charge in [0, 0.05) is 18.9 Å². The average molecular weight is 489 g/mol. The summed E-state index contributed by atoms with van der Waals surface area (Å²) in [5.74, 6) is -0.102. The number of aliphatic hydroxyl groups excluding tert-OH is 2. The standard InChI is InChI=1S/C28H37FO6/c1-17-4-5-18-14-21(31)16-25(26(18)24(17)11-10-23-15-20(30)12-13-33-23)34-27(32)28(2,3)35-22-8-6-19(29)7-9-22/h4-9,14,17,20-21,23-26,30-31H,10-13,15-16H2,1-3H3/t17-,20+,21+,23+,24-,25-,26-/m0/s1. The lowest BCUT2D eigenvalue weighted by atomic mass is 9.66. The molecule has 3 aliphatic rings. The first-order valence-corrected chi connectivity index (χ1v) is 12.7. The Labute approximate surface area is 206 Å². The molecule has 7 atom stereocenters. The van der Waals surface area contributed by atoms with E-state index >= 15 is 0 Å². The summed E-state index contributed by atoms with van der Waals surface area (Å²) < 4.78 is 31.0. The smallest absolute Gasteiger partial charge is 0.350 e. The van der Waals surface area contributed by atoms with Gasteiger partial charge in [-0.25, -0.2) is 9.18 Å². The Morgan fingerprint density at radius 1 is 1.17 bits per heavy atom. The highest BCUT2D eigenvalue weighted by Gasteiger charge is 2.44. The third kappa shape index (κ3) is 6.32. The molecular weight excluding hydrogens is 451 g/mol. The van der Waals surface area contributed by atoms with E-state index < -0.39 is 23.8 Å². The summed E-state index contributed by atoms with van der Waals surface area (Å²) in [6.07, 6.45) is 7.93. The molecule has 6 nitrogen and oxygen atoms in total. The second-order valence-electron chi connectivity index (χ2n) is 10.6. The first-order chi connectivity index (χ1) is 16.6. The van der Waals surface area contributed by atoms with Gasteiger partial charge in [-0.15, -0.1) is 0 Å². The summed E-state index contributed by atoms with van der Waals surface area (Å²) in [5, 5.41) is 20.5. The Kier molecular flexibility index (Phi) is 7.99. The predicted molar refractivity (Wildman–Crippen MR) is 129 cm³/mol. The normalized spacial score (nSPS) is 33.0. The molecule has 192 valence electrons. The van der Waals surface area contributed by atoms with E-state index in [9.17, 15) is 19.4 Å². The van der Waals surface area contributed by atoms with E-state index in [1.54, 1.807) is 13.8 Å². The fourth-order valence-electron chi connectivity index (χ4n) is 5.54. The molecule has 1 heterocycles. The zero-order chi connectivity index (χ0) is 25.2. The Balaban J connectivity index is 1.47. The summed E-state index contributed by atoms with van der Waals surface area (Å²) in [4.78, 5) is 13.2. The molecule has 0 unspecified atom stereocenters. The van der Waals surface area contributed by atoms with Gasteiger partial charge in [0.15, 0.2) is 5.60 Å². The maximum atomic E-state index is 13.2. The number of ether oxygens (including phenoxy) is 3. The maximum absolute atomic E-state index is 13.2. The molecule has 0 spiro atoms. The fourth-order valence-corrected chi connectivity index (χ4v) is 5.54. The summed E-state index contributed by atoms with van der Waals surface area (Å²) >= 11 is 0. The number of hydrogen-bond acceptors (Lipinski definition) is 6. The van der Waals surface area contributed by atoms with Gasteiger partial charge in [0.05, 0.1) is 18.3 Å². The number of halogens is 1.